The monoisotopic (exact) mass is 417 g/mol. The van der Waals surface area contributed by atoms with E-state index in [1.54, 1.807) is 0 Å². The third kappa shape index (κ3) is 3.73. The molecule has 0 spiro atoms. The molecule has 1 aliphatic rings. The number of rotatable bonds is 5. The maximum atomic E-state index is 2.51. The first-order chi connectivity index (χ1) is 15.4. The number of nitrogens with zero attached hydrogens (tertiary/aromatic N) is 1. The van der Waals surface area contributed by atoms with Gasteiger partial charge in [0, 0.05) is 24.2 Å². The summed E-state index contributed by atoms with van der Waals surface area (Å²) in [7, 11) is 0. The summed E-state index contributed by atoms with van der Waals surface area (Å²) in [6.45, 7) is 10.8. The van der Waals surface area contributed by atoms with Crippen LogP contribution in [0.5, 0.6) is 0 Å². The normalized spacial score (nSPS) is 13.5. The fraction of sp³-hybridized carbons (Fsp3) is 0.226. The van der Waals surface area contributed by atoms with Crippen molar-refractivity contribution < 1.29 is 0 Å². The predicted octanol–water partition coefficient (Wildman–Crippen LogP) is 7.82. The first-order valence-electron chi connectivity index (χ1n) is 11.5. The predicted molar refractivity (Wildman–Crippen MR) is 136 cm³/mol. The van der Waals surface area contributed by atoms with Crippen LogP contribution in [0.2, 0.25) is 0 Å². The first kappa shape index (κ1) is 20.6. The van der Waals surface area contributed by atoms with Gasteiger partial charge in [0.15, 0.2) is 0 Å². The van der Waals surface area contributed by atoms with Gasteiger partial charge in [-0.3, -0.25) is 0 Å². The Morgan fingerprint density at radius 2 is 1.12 bits per heavy atom. The van der Waals surface area contributed by atoms with Gasteiger partial charge in [-0.05, 0) is 59.4 Å². The van der Waals surface area contributed by atoms with Crippen molar-refractivity contribution >= 4 is 5.69 Å². The molecule has 0 heterocycles. The lowest BCUT2D eigenvalue weighted by atomic mass is 9.82. The third-order valence-electron chi connectivity index (χ3n) is 6.92. The van der Waals surface area contributed by atoms with Crippen LogP contribution < -0.4 is 4.90 Å². The smallest absolute Gasteiger partial charge is 0.0433 e. The van der Waals surface area contributed by atoms with Gasteiger partial charge in [-0.1, -0.05) is 104 Å². The minimum atomic E-state index is 0.0152. The van der Waals surface area contributed by atoms with E-state index in [0.29, 0.717) is 0 Å². The van der Waals surface area contributed by atoms with Crippen LogP contribution in [0, 0.1) is 13.8 Å². The number of hydrogen-bond donors (Lipinski definition) is 0. The van der Waals surface area contributed by atoms with E-state index in [0.717, 1.165) is 13.1 Å². The van der Waals surface area contributed by atoms with Crippen molar-refractivity contribution in [2.24, 2.45) is 0 Å². The van der Waals surface area contributed by atoms with Crippen molar-refractivity contribution in [2.75, 3.05) is 4.90 Å². The Balaban J connectivity index is 1.55. The molecule has 0 aliphatic heterocycles. The SMILES string of the molecule is Cc1ccc(CN(Cc2ccc(C)cc2)c2ccc3c(c2)C(C)(C)c2ccccc2-3)cc1. The van der Waals surface area contributed by atoms with Gasteiger partial charge in [0.1, 0.15) is 0 Å². The van der Waals surface area contributed by atoms with Crippen LogP contribution in [0.4, 0.5) is 5.69 Å². The summed E-state index contributed by atoms with van der Waals surface area (Å²) in [5.74, 6) is 0. The van der Waals surface area contributed by atoms with Crippen LogP contribution in [-0.4, -0.2) is 0 Å². The van der Waals surface area contributed by atoms with Gasteiger partial charge < -0.3 is 4.90 Å². The van der Waals surface area contributed by atoms with Gasteiger partial charge >= 0.3 is 0 Å². The average Bonchev–Trinajstić information content (AvgIpc) is 3.03. The molecule has 0 amide bonds. The summed E-state index contributed by atoms with van der Waals surface area (Å²) in [5.41, 5.74) is 12.2. The van der Waals surface area contributed by atoms with Gasteiger partial charge in [-0.15, -0.1) is 0 Å². The van der Waals surface area contributed by atoms with Crippen molar-refractivity contribution in [1.29, 1.82) is 0 Å². The fourth-order valence-corrected chi connectivity index (χ4v) is 4.96. The number of anilines is 1. The minimum Gasteiger partial charge on any atom is -0.363 e. The highest BCUT2D eigenvalue weighted by atomic mass is 15.1. The Hall–Kier alpha value is -3.32. The van der Waals surface area contributed by atoms with E-state index < -0.39 is 0 Å². The highest BCUT2D eigenvalue weighted by Gasteiger charge is 2.35. The van der Waals surface area contributed by atoms with Gasteiger partial charge in [0.25, 0.3) is 0 Å². The maximum absolute atomic E-state index is 2.51. The lowest BCUT2D eigenvalue weighted by molar-refractivity contribution is 0.659. The Labute approximate surface area is 192 Å². The summed E-state index contributed by atoms with van der Waals surface area (Å²) in [5, 5.41) is 0. The Kier molecular flexibility index (Phi) is 5.13. The molecule has 0 unspecified atom stereocenters. The number of hydrogen-bond acceptors (Lipinski definition) is 1. The Morgan fingerprint density at radius 1 is 0.594 bits per heavy atom. The molecule has 32 heavy (non-hydrogen) atoms. The van der Waals surface area contributed by atoms with Gasteiger partial charge in [-0.25, -0.2) is 0 Å². The molecule has 0 bridgehead atoms. The second-order valence-corrected chi connectivity index (χ2v) is 9.73. The standard InChI is InChI=1S/C31H31N/c1-22-9-13-24(14-10-22)20-32(21-25-15-11-23(2)12-16-25)26-17-18-28-27-7-5-6-8-29(27)31(3,4)30(28)19-26/h5-19H,20-21H2,1-4H3. The highest BCUT2D eigenvalue weighted by Crippen LogP contribution is 2.49. The molecule has 160 valence electrons. The van der Waals surface area contributed by atoms with E-state index >= 15 is 0 Å². The number of fused-ring (bicyclic) bond motifs is 3. The Bertz CT molecular complexity index is 1200. The van der Waals surface area contributed by atoms with Crippen LogP contribution in [0.15, 0.2) is 91.0 Å². The fourth-order valence-electron chi connectivity index (χ4n) is 4.96. The Morgan fingerprint density at radius 3 is 1.72 bits per heavy atom. The van der Waals surface area contributed by atoms with E-state index in [-0.39, 0.29) is 5.41 Å². The summed E-state index contributed by atoms with van der Waals surface area (Å²) in [4.78, 5) is 2.51. The topological polar surface area (TPSA) is 3.24 Å². The van der Waals surface area contributed by atoms with Crippen molar-refractivity contribution in [2.45, 2.75) is 46.2 Å². The molecule has 5 rings (SSSR count). The molecular formula is C31H31N. The molecular weight excluding hydrogens is 386 g/mol. The van der Waals surface area contributed by atoms with Crippen molar-refractivity contribution in [3.8, 4) is 11.1 Å². The van der Waals surface area contributed by atoms with E-state index in [4.69, 9.17) is 0 Å². The van der Waals surface area contributed by atoms with Crippen LogP contribution >= 0.6 is 0 Å². The van der Waals surface area contributed by atoms with Crippen molar-refractivity contribution in [3.05, 3.63) is 124 Å². The van der Waals surface area contributed by atoms with Crippen molar-refractivity contribution in [3.63, 3.8) is 0 Å². The van der Waals surface area contributed by atoms with Crippen LogP contribution in [0.1, 0.15) is 47.2 Å². The van der Waals surface area contributed by atoms with E-state index in [9.17, 15) is 0 Å². The van der Waals surface area contributed by atoms with Crippen LogP contribution in [0.25, 0.3) is 11.1 Å². The van der Waals surface area contributed by atoms with Gasteiger partial charge in [-0.2, -0.15) is 0 Å². The maximum Gasteiger partial charge on any atom is 0.0433 e. The molecule has 0 aromatic heterocycles. The molecule has 4 aromatic rings. The van der Waals surface area contributed by atoms with Gasteiger partial charge in [0.2, 0.25) is 0 Å². The minimum absolute atomic E-state index is 0.0152. The number of aryl methyl sites for hydroxylation is 2. The van der Waals surface area contributed by atoms with E-state index in [2.05, 4.69) is 124 Å². The van der Waals surface area contributed by atoms with E-state index in [1.165, 1.54) is 50.2 Å². The molecule has 0 atom stereocenters. The summed E-state index contributed by atoms with van der Waals surface area (Å²) in [6, 6.07) is 33.8. The summed E-state index contributed by atoms with van der Waals surface area (Å²) < 4.78 is 0. The lowest BCUT2D eigenvalue weighted by Crippen LogP contribution is -2.23. The molecule has 0 saturated heterocycles. The summed E-state index contributed by atoms with van der Waals surface area (Å²) in [6.07, 6.45) is 0. The zero-order valence-electron chi connectivity index (χ0n) is 19.5. The van der Waals surface area contributed by atoms with Crippen LogP contribution in [0.3, 0.4) is 0 Å². The third-order valence-corrected chi connectivity index (χ3v) is 6.92. The zero-order valence-corrected chi connectivity index (χ0v) is 19.5. The second kappa shape index (κ2) is 7.98. The molecule has 0 N–H and O–H groups in total. The molecule has 1 nitrogen and oxygen atoms in total. The van der Waals surface area contributed by atoms with Crippen molar-refractivity contribution in [1.82, 2.24) is 0 Å². The van der Waals surface area contributed by atoms with E-state index in [1.807, 2.05) is 0 Å². The quantitative estimate of drug-likeness (QED) is 0.320. The number of benzene rings is 4. The molecule has 0 saturated carbocycles. The second-order valence-electron chi connectivity index (χ2n) is 9.73. The molecule has 4 aromatic carbocycles. The molecule has 0 radical (unpaired) electrons. The summed E-state index contributed by atoms with van der Waals surface area (Å²) >= 11 is 0. The molecule has 1 heteroatoms. The van der Waals surface area contributed by atoms with Gasteiger partial charge in [0.05, 0.1) is 0 Å². The largest absolute Gasteiger partial charge is 0.363 e. The zero-order chi connectivity index (χ0) is 22.3. The molecule has 1 aliphatic carbocycles. The van der Waals surface area contributed by atoms with Crippen LogP contribution in [-0.2, 0) is 18.5 Å². The average molecular weight is 418 g/mol. The molecule has 0 fully saturated rings. The highest BCUT2D eigenvalue weighted by molar-refractivity contribution is 5.82. The first-order valence-corrected chi connectivity index (χ1v) is 11.5. The lowest BCUT2D eigenvalue weighted by Gasteiger charge is -2.28.